The van der Waals surface area contributed by atoms with Gasteiger partial charge in [-0.2, -0.15) is 5.26 Å². The van der Waals surface area contributed by atoms with Crippen LogP contribution >= 0.6 is 0 Å². The van der Waals surface area contributed by atoms with E-state index in [0.717, 1.165) is 5.56 Å². The standard InChI is InChI=1S/C19H22N2O5/c1-13(2)19(3,12-20)21-17(22)11-26-18(23)7-5-14-4-6-15-16(10-14)25-9-8-24-15/h4-7,10,13H,8-9,11H2,1-3H3,(H,21,22)/b7-5+/t19-/m0/s1. The summed E-state index contributed by atoms with van der Waals surface area (Å²) < 4.78 is 15.8. The summed E-state index contributed by atoms with van der Waals surface area (Å²) in [4.78, 5) is 23.6. The molecule has 1 heterocycles. The van der Waals surface area contributed by atoms with Gasteiger partial charge in [-0.05, 0) is 36.6 Å². The molecule has 0 radical (unpaired) electrons. The molecule has 1 amide bonds. The average Bonchev–Trinajstić information content (AvgIpc) is 2.64. The number of hydrogen-bond acceptors (Lipinski definition) is 6. The van der Waals surface area contributed by atoms with Crippen LogP contribution in [0.3, 0.4) is 0 Å². The van der Waals surface area contributed by atoms with E-state index >= 15 is 0 Å². The Morgan fingerprint density at radius 3 is 2.69 bits per heavy atom. The fourth-order valence-corrected chi connectivity index (χ4v) is 2.14. The normalized spacial score (nSPS) is 15.2. The molecule has 1 aliphatic rings. The lowest BCUT2D eigenvalue weighted by Crippen LogP contribution is -2.50. The van der Waals surface area contributed by atoms with E-state index in [9.17, 15) is 14.9 Å². The van der Waals surface area contributed by atoms with Crippen molar-refractivity contribution in [2.75, 3.05) is 19.8 Å². The summed E-state index contributed by atoms with van der Waals surface area (Å²) in [5.41, 5.74) is -0.266. The number of esters is 1. The summed E-state index contributed by atoms with van der Waals surface area (Å²) in [6.45, 7) is 5.82. The highest BCUT2D eigenvalue weighted by atomic mass is 16.6. The number of fused-ring (bicyclic) bond motifs is 1. The predicted octanol–water partition coefficient (Wildman–Crippen LogP) is 2.07. The van der Waals surface area contributed by atoms with Gasteiger partial charge in [0.25, 0.3) is 5.91 Å². The maximum atomic E-state index is 11.9. The molecule has 1 aromatic rings. The van der Waals surface area contributed by atoms with Crippen molar-refractivity contribution in [2.45, 2.75) is 26.3 Å². The van der Waals surface area contributed by atoms with Gasteiger partial charge in [-0.15, -0.1) is 0 Å². The number of hydrogen-bond donors (Lipinski definition) is 1. The Morgan fingerprint density at radius 2 is 2.04 bits per heavy atom. The van der Waals surface area contributed by atoms with E-state index in [1.807, 2.05) is 13.8 Å². The minimum atomic E-state index is -1.01. The molecule has 1 atom stereocenters. The Labute approximate surface area is 152 Å². The van der Waals surface area contributed by atoms with E-state index in [1.165, 1.54) is 6.08 Å². The Kier molecular flexibility index (Phi) is 6.23. The predicted molar refractivity (Wildman–Crippen MR) is 94.4 cm³/mol. The number of benzene rings is 1. The second kappa shape index (κ2) is 8.39. The van der Waals surface area contributed by atoms with E-state index in [2.05, 4.69) is 11.4 Å². The minimum Gasteiger partial charge on any atom is -0.486 e. The monoisotopic (exact) mass is 358 g/mol. The summed E-state index contributed by atoms with van der Waals surface area (Å²) in [6.07, 6.45) is 2.79. The molecule has 26 heavy (non-hydrogen) atoms. The van der Waals surface area contributed by atoms with Gasteiger partial charge in [0.15, 0.2) is 18.1 Å². The van der Waals surface area contributed by atoms with E-state index < -0.39 is 24.0 Å². The first-order valence-electron chi connectivity index (χ1n) is 8.31. The molecule has 0 saturated carbocycles. The van der Waals surface area contributed by atoms with Crippen LogP contribution in [0.1, 0.15) is 26.3 Å². The number of carbonyl (C=O) groups excluding carboxylic acids is 2. The molecule has 1 aliphatic heterocycles. The number of ether oxygens (including phenoxy) is 3. The summed E-state index contributed by atoms with van der Waals surface area (Å²) in [7, 11) is 0. The van der Waals surface area contributed by atoms with Crippen LogP contribution in [0.4, 0.5) is 0 Å². The molecule has 0 aliphatic carbocycles. The maximum absolute atomic E-state index is 11.9. The molecule has 0 aromatic heterocycles. The van der Waals surface area contributed by atoms with Crippen molar-refractivity contribution in [1.29, 1.82) is 5.26 Å². The lowest BCUT2D eigenvalue weighted by atomic mass is 9.90. The lowest BCUT2D eigenvalue weighted by molar-refractivity contribution is -0.144. The van der Waals surface area contributed by atoms with Crippen molar-refractivity contribution in [3.8, 4) is 17.6 Å². The molecule has 7 nitrogen and oxygen atoms in total. The molecule has 0 saturated heterocycles. The fraction of sp³-hybridized carbons (Fsp3) is 0.421. The SMILES string of the molecule is CC(C)[C@](C)(C#N)NC(=O)COC(=O)/C=C/c1ccc2c(c1)OCCO2. The van der Waals surface area contributed by atoms with Crippen LogP contribution in [0, 0.1) is 17.2 Å². The summed E-state index contributed by atoms with van der Waals surface area (Å²) in [6, 6.07) is 7.36. The van der Waals surface area contributed by atoms with Crippen LogP contribution in [0.15, 0.2) is 24.3 Å². The molecular formula is C19H22N2O5. The molecular weight excluding hydrogens is 336 g/mol. The van der Waals surface area contributed by atoms with Crippen LogP contribution < -0.4 is 14.8 Å². The molecule has 1 aromatic carbocycles. The number of rotatable bonds is 6. The van der Waals surface area contributed by atoms with Gasteiger partial charge in [0.05, 0.1) is 6.07 Å². The first-order valence-corrected chi connectivity index (χ1v) is 8.31. The smallest absolute Gasteiger partial charge is 0.331 e. The van der Waals surface area contributed by atoms with Crippen molar-refractivity contribution in [3.05, 3.63) is 29.8 Å². The first kappa shape index (κ1) is 19.3. The van der Waals surface area contributed by atoms with Crippen molar-refractivity contribution in [3.63, 3.8) is 0 Å². The van der Waals surface area contributed by atoms with Crippen molar-refractivity contribution in [2.24, 2.45) is 5.92 Å². The quantitative estimate of drug-likeness (QED) is 0.617. The van der Waals surface area contributed by atoms with Gasteiger partial charge in [0.2, 0.25) is 0 Å². The van der Waals surface area contributed by atoms with Crippen LogP contribution in [-0.2, 0) is 14.3 Å². The van der Waals surface area contributed by atoms with Gasteiger partial charge in [0, 0.05) is 6.08 Å². The number of nitriles is 1. The number of nitrogens with zero attached hydrogens (tertiary/aromatic N) is 1. The maximum Gasteiger partial charge on any atom is 0.331 e. The van der Waals surface area contributed by atoms with Gasteiger partial charge in [-0.3, -0.25) is 4.79 Å². The van der Waals surface area contributed by atoms with Crippen molar-refractivity contribution < 1.29 is 23.8 Å². The second-order valence-corrected chi connectivity index (χ2v) is 6.36. The third kappa shape index (κ3) is 4.99. The van der Waals surface area contributed by atoms with Gasteiger partial charge >= 0.3 is 5.97 Å². The van der Waals surface area contributed by atoms with Crippen LogP contribution in [0.2, 0.25) is 0 Å². The second-order valence-electron chi connectivity index (χ2n) is 6.36. The zero-order valence-electron chi connectivity index (χ0n) is 15.1. The third-order valence-corrected chi connectivity index (χ3v) is 4.11. The van der Waals surface area contributed by atoms with Gasteiger partial charge < -0.3 is 19.5 Å². The highest BCUT2D eigenvalue weighted by Crippen LogP contribution is 2.31. The lowest BCUT2D eigenvalue weighted by Gasteiger charge is -2.27. The molecule has 2 rings (SSSR count). The Bertz CT molecular complexity index is 751. The largest absolute Gasteiger partial charge is 0.486 e. The van der Waals surface area contributed by atoms with E-state index in [0.29, 0.717) is 24.7 Å². The first-order chi connectivity index (χ1) is 12.3. The Balaban J connectivity index is 1.86. The molecule has 7 heteroatoms. The van der Waals surface area contributed by atoms with Gasteiger partial charge in [0.1, 0.15) is 18.8 Å². The van der Waals surface area contributed by atoms with E-state index in [4.69, 9.17) is 14.2 Å². The third-order valence-electron chi connectivity index (χ3n) is 4.11. The number of nitrogens with one attached hydrogen (secondary N) is 1. The fourth-order valence-electron chi connectivity index (χ4n) is 2.14. The molecule has 1 N–H and O–H groups in total. The van der Waals surface area contributed by atoms with Gasteiger partial charge in [-0.1, -0.05) is 19.9 Å². The zero-order chi connectivity index (χ0) is 19.2. The molecule has 0 spiro atoms. The molecule has 0 unspecified atom stereocenters. The molecule has 138 valence electrons. The van der Waals surface area contributed by atoms with Crippen LogP contribution in [0.25, 0.3) is 6.08 Å². The summed E-state index contributed by atoms with van der Waals surface area (Å²) in [5.74, 6) is 0.0262. The Morgan fingerprint density at radius 1 is 1.35 bits per heavy atom. The van der Waals surface area contributed by atoms with Crippen LogP contribution in [0.5, 0.6) is 11.5 Å². The van der Waals surface area contributed by atoms with Gasteiger partial charge in [-0.25, -0.2) is 4.79 Å². The van der Waals surface area contributed by atoms with Crippen molar-refractivity contribution >= 4 is 18.0 Å². The van der Waals surface area contributed by atoms with E-state index in [1.54, 1.807) is 31.2 Å². The highest BCUT2D eigenvalue weighted by Gasteiger charge is 2.30. The minimum absolute atomic E-state index is 0.0812. The topological polar surface area (TPSA) is 97.7 Å². The molecule has 0 bridgehead atoms. The summed E-state index contributed by atoms with van der Waals surface area (Å²) >= 11 is 0. The van der Waals surface area contributed by atoms with Crippen molar-refractivity contribution in [1.82, 2.24) is 5.32 Å². The number of carbonyl (C=O) groups is 2. The summed E-state index contributed by atoms with van der Waals surface area (Å²) in [5, 5.41) is 11.7. The Hall–Kier alpha value is -3.01. The van der Waals surface area contributed by atoms with Crippen LogP contribution in [-0.4, -0.2) is 37.2 Å². The zero-order valence-corrected chi connectivity index (χ0v) is 15.1. The molecule has 0 fully saturated rings. The van der Waals surface area contributed by atoms with E-state index in [-0.39, 0.29) is 5.92 Å². The highest BCUT2D eigenvalue weighted by molar-refractivity contribution is 5.89. The average molecular weight is 358 g/mol. The number of amides is 1.